The highest BCUT2D eigenvalue weighted by atomic mass is 31.2. The summed E-state index contributed by atoms with van der Waals surface area (Å²) in [7, 11) is 3.29. The number of hydrogen-bond donors (Lipinski definition) is 0. The van der Waals surface area contributed by atoms with Crippen LogP contribution in [-0.2, 0) is 0 Å². The Morgan fingerprint density at radius 3 is 1.05 bits per heavy atom. The first-order valence-electron chi connectivity index (χ1n) is 8.09. The van der Waals surface area contributed by atoms with Crippen LogP contribution < -0.4 is 0 Å². The second-order valence-electron chi connectivity index (χ2n) is 6.37. The summed E-state index contributed by atoms with van der Waals surface area (Å²) in [5, 5.41) is 0. The third-order valence-corrected chi connectivity index (χ3v) is 9.47. The highest BCUT2D eigenvalue weighted by molar-refractivity contribution is 7.66. The van der Waals surface area contributed by atoms with Gasteiger partial charge in [0.15, 0.2) is 0 Å². The van der Waals surface area contributed by atoms with Crippen molar-refractivity contribution in [2.24, 2.45) is 0 Å². The van der Waals surface area contributed by atoms with Gasteiger partial charge in [-0.25, -0.2) is 0 Å². The molecule has 19 heavy (non-hydrogen) atoms. The lowest BCUT2D eigenvalue weighted by Crippen LogP contribution is -2.48. The molecule has 0 amide bonds. The summed E-state index contributed by atoms with van der Waals surface area (Å²) in [6, 6.07) is 0. The molecule has 3 fully saturated rings. The van der Waals surface area contributed by atoms with Crippen LogP contribution >= 0.6 is 7.87 Å². The molecule has 0 unspecified atom stereocenters. The largest absolute Gasteiger partial charge is 0.308 e. The number of nitrogens with zero attached hydrogens (tertiary/aromatic N) is 4. The first kappa shape index (κ1) is 14.2. The molecule has 3 heterocycles. The van der Waals surface area contributed by atoms with E-state index < -0.39 is 7.87 Å². The SMILES string of the molecule is CN(C)[P+](N1CCCC1)(N1CCCC1)N1CCCC1. The van der Waals surface area contributed by atoms with E-state index in [1.807, 2.05) is 0 Å². The predicted octanol–water partition coefficient (Wildman–Crippen LogP) is 2.51. The van der Waals surface area contributed by atoms with Gasteiger partial charge in [-0.3, -0.25) is 0 Å². The fourth-order valence-corrected chi connectivity index (χ4v) is 9.25. The van der Waals surface area contributed by atoms with Crippen molar-refractivity contribution < 1.29 is 0 Å². The van der Waals surface area contributed by atoms with Crippen LogP contribution in [0.5, 0.6) is 0 Å². The van der Waals surface area contributed by atoms with E-state index in [0.717, 1.165) is 0 Å². The van der Waals surface area contributed by atoms with Gasteiger partial charge in [0.2, 0.25) is 0 Å². The van der Waals surface area contributed by atoms with Crippen molar-refractivity contribution in [1.82, 2.24) is 18.7 Å². The first-order valence-corrected chi connectivity index (χ1v) is 9.69. The maximum absolute atomic E-state index is 2.86. The molecule has 110 valence electrons. The van der Waals surface area contributed by atoms with E-state index in [0.29, 0.717) is 0 Å². The molecule has 0 bridgehead atoms. The fraction of sp³-hybridized carbons (Fsp3) is 1.00. The molecule has 5 heteroatoms. The highest BCUT2D eigenvalue weighted by Crippen LogP contribution is 2.71. The fourth-order valence-electron chi connectivity index (χ4n) is 4.20. The molecule has 0 radical (unpaired) electrons. The quantitative estimate of drug-likeness (QED) is 0.736. The Morgan fingerprint density at radius 2 is 0.842 bits per heavy atom. The van der Waals surface area contributed by atoms with Gasteiger partial charge in [-0.15, -0.1) is 18.7 Å². The summed E-state index contributed by atoms with van der Waals surface area (Å²) in [6.07, 6.45) is 8.40. The summed E-state index contributed by atoms with van der Waals surface area (Å²) in [5.74, 6) is 0. The number of hydrogen-bond acceptors (Lipinski definition) is 4. The van der Waals surface area contributed by atoms with E-state index in [-0.39, 0.29) is 0 Å². The highest BCUT2D eigenvalue weighted by Gasteiger charge is 2.60. The van der Waals surface area contributed by atoms with Crippen molar-refractivity contribution in [2.75, 3.05) is 53.4 Å². The van der Waals surface area contributed by atoms with Crippen LogP contribution in [0.4, 0.5) is 0 Å². The monoisotopic (exact) mass is 285 g/mol. The summed E-state index contributed by atoms with van der Waals surface area (Å²) in [4.78, 5) is 0. The van der Waals surface area contributed by atoms with Crippen LogP contribution in [0.2, 0.25) is 0 Å². The van der Waals surface area contributed by atoms with Gasteiger partial charge in [0.1, 0.15) is 0 Å². The minimum Gasteiger partial charge on any atom is -0.139 e. The van der Waals surface area contributed by atoms with Gasteiger partial charge < -0.3 is 0 Å². The lowest BCUT2D eigenvalue weighted by atomic mass is 10.4. The van der Waals surface area contributed by atoms with Crippen molar-refractivity contribution >= 4 is 7.87 Å². The van der Waals surface area contributed by atoms with E-state index in [1.165, 1.54) is 77.8 Å². The molecule has 4 nitrogen and oxygen atoms in total. The second-order valence-corrected chi connectivity index (χ2v) is 9.94. The van der Waals surface area contributed by atoms with Gasteiger partial charge in [0.25, 0.3) is 0 Å². The molecule has 3 aliphatic rings. The Labute approximate surface area is 119 Å². The normalized spacial score (nSPS) is 27.9. The van der Waals surface area contributed by atoms with E-state index in [9.17, 15) is 0 Å². The van der Waals surface area contributed by atoms with E-state index >= 15 is 0 Å². The maximum Gasteiger partial charge on any atom is 0.308 e. The van der Waals surface area contributed by atoms with E-state index in [4.69, 9.17) is 0 Å². The minimum absolute atomic E-state index is 1.32. The van der Waals surface area contributed by atoms with Crippen molar-refractivity contribution in [3.8, 4) is 0 Å². The van der Waals surface area contributed by atoms with Crippen LogP contribution in [0.25, 0.3) is 0 Å². The zero-order valence-electron chi connectivity index (χ0n) is 12.7. The zero-order valence-corrected chi connectivity index (χ0v) is 13.6. The van der Waals surface area contributed by atoms with Gasteiger partial charge >= 0.3 is 7.87 Å². The third kappa shape index (κ3) is 2.36. The molecule has 3 saturated heterocycles. The predicted molar refractivity (Wildman–Crippen MR) is 83.0 cm³/mol. The Kier molecular flexibility index (Phi) is 4.45. The van der Waals surface area contributed by atoms with Crippen LogP contribution in [0.15, 0.2) is 0 Å². The molecule has 0 saturated carbocycles. The Balaban J connectivity index is 1.93. The molecule has 0 aromatic carbocycles. The van der Waals surface area contributed by atoms with Gasteiger partial charge in [-0.05, 0) is 38.5 Å². The Bertz CT molecular complexity index is 251. The third-order valence-electron chi connectivity index (χ3n) is 4.92. The van der Waals surface area contributed by atoms with Crippen LogP contribution in [0.1, 0.15) is 38.5 Å². The molecular formula is C14H30N4P+. The maximum atomic E-state index is 2.86. The molecule has 0 atom stereocenters. The molecule has 0 aromatic rings. The number of rotatable bonds is 4. The lowest BCUT2D eigenvalue weighted by molar-refractivity contribution is 0.318. The average molecular weight is 285 g/mol. The van der Waals surface area contributed by atoms with Crippen LogP contribution in [0.3, 0.4) is 0 Å². The molecule has 3 aliphatic heterocycles. The first-order chi connectivity index (χ1) is 9.26. The van der Waals surface area contributed by atoms with Crippen molar-refractivity contribution in [1.29, 1.82) is 0 Å². The molecule has 0 aromatic heterocycles. The molecular weight excluding hydrogens is 255 g/mol. The minimum atomic E-state index is -1.38. The summed E-state index contributed by atoms with van der Waals surface area (Å²) in [5.41, 5.74) is 0. The zero-order chi connectivity index (χ0) is 13.3. The van der Waals surface area contributed by atoms with Gasteiger partial charge in [-0.2, -0.15) is 0 Å². The van der Waals surface area contributed by atoms with Gasteiger partial charge in [0.05, 0.1) is 0 Å². The summed E-state index contributed by atoms with van der Waals surface area (Å²) >= 11 is 0. The van der Waals surface area contributed by atoms with E-state index in [2.05, 4.69) is 32.8 Å². The molecule has 0 aliphatic carbocycles. The van der Waals surface area contributed by atoms with Crippen molar-refractivity contribution in [2.45, 2.75) is 38.5 Å². The van der Waals surface area contributed by atoms with Crippen LogP contribution in [0, 0.1) is 0 Å². The van der Waals surface area contributed by atoms with Crippen molar-refractivity contribution in [3.05, 3.63) is 0 Å². The molecule has 0 N–H and O–H groups in total. The molecule has 0 spiro atoms. The smallest absolute Gasteiger partial charge is 0.139 e. The van der Waals surface area contributed by atoms with Crippen LogP contribution in [-0.4, -0.2) is 72.0 Å². The summed E-state index contributed by atoms with van der Waals surface area (Å²) in [6.45, 7) is 7.91. The van der Waals surface area contributed by atoms with Crippen molar-refractivity contribution in [3.63, 3.8) is 0 Å². The van der Waals surface area contributed by atoms with Gasteiger partial charge in [-0.1, -0.05) is 0 Å². The average Bonchev–Trinajstić information content (AvgIpc) is 3.15. The molecule has 3 rings (SSSR count). The van der Waals surface area contributed by atoms with Gasteiger partial charge in [0, 0.05) is 53.4 Å². The second kappa shape index (κ2) is 5.95. The summed E-state index contributed by atoms with van der Waals surface area (Å²) < 4.78 is 11.2. The standard InChI is InChI=1S/C14H30N4P/c1-15(2)19(16-9-3-4-10-16,17-11-5-6-12-17)18-13-7-8-14-18/h3-14H2,1-2H3/q+1. The topological polar surface area (TPSA) is 13.0 Å². The lowest BCUT2D eigenvalue weighted by Gasteiger charge is -2.46. The Morgan fingerprint density at radius 1 is 0.579 bits per heavy atom. The Hall–Kier alpha value is 0.270. The van der Waals surface area contributed by atoms with E-state index in [1.54, 1.807) is 0 Å².